The number of allylic oxidation sites excluding steroid dienone is 2. The molecule has 6 rings (SSSR count). The Labute approximate surface area is 276 Å². The maximum Gasteiger partial charge on any atom is 0.341 e. The molecular formula is C35H37N3O4S3. The third-order valence-electron chi connectivity index (χ3n) is 8.55. The molecule has 7 nitrogen and oxygen atoms in total. The second kappa shape index (κ2) is 13.1. The smallest absolute Gasteiger partial charge is 0.341 e. The summed E-state index contributed by atoms with van der Waals surface area (Å²) in [4.78, 5) is 44.5. The molecule has 0 bridgehead atoms. The summed E-state index contributed by atoms with van der Waals surface area (Å²) in [5.74, 6) is 0.0650. The number of esters is 1. The van der Waals surface area contributed by atoms with E-state index < -0.39 is 5.97 Å². The Morgan fingerprint density at radius 3 is 2.64 bits per heavy atom. The molecule has 3 unspecified atom stereocenters. The number of rotatable bonds is 6. The van der Waals surface area contributed by atoms with Crippen molar-refractivity contribution in [3.05, 3.63) is 88.8 Å². The van der Waals surface area contributed by atoms with Gasteiger partial charge in [0.25, 0.3) is 0 Å². The summed E-state index contributed by atoms with van der Waals surface area (Å²) in [6.07, 6.45) is 10.9. The quantitative estimate of drug-likeness (QED) is 0.204. The van der Waals surface area contributed by atoms with Crippen molar-refractivity contribution >= 4 is 69.1 Å². The normalized spacial score (nSPS) is 20.1. The van der Waals surface area contributed by atoms with Crippen LogP contribution in [0.25, 0.3) is 0 Å². The third-order valence-corrected chi connectivity index (χ3v) is 12.0. The van der Waals surface area contributed by atoms with Crippen LogP contribution in [0, 0.1) is 11.3 Å². The first kappa shape index (κ1) is 31.5. The van der Waals surface area contributed by atoms with Gasteiger partial charge in [0.2, 0.25) is 5.91 Å². The molecule has 2 aliphatic carbocycles. The molecule has 3 aromatic rings. The molecule has 234 valence electrons. The van der Waals surface area contributed by atoms with Gasteiger partial charge < -0.3 is 15.4 Å². The van der Waals surface area contributed by atoms with Crippen LogP contribution in [0.3, 0.4) is 0 Å². The molecule has 45 heavy (non-hydrogen) atoms. The van der Waals surface area contributed by atoms with Gasteiger partial charge >= 0.3 is 12.0 Å². The highest BCUT2D eigenvalue weighted by Gasteiger charge is 2.37. The van der Waals surface area contributed by atoms with Crippen LogP contribution in [-0.2, 0) is 22.4 Å². The summed E-state index contributed by atoms with van der Waals surface area (Å²) in [6.45, 7) is 6.76. The molecule has 3 amide bonds. The fourth-order valence-corrected chi connectivity index (χ4v) is 9.46. The zero-order valence-corrected chi connectivity index (χ0v) is 28.2. The van der Waals surface area contributed by atoms with E-state index in [9.17, 15) is 14.4 Å². The first-order valence-electron chi connectivity index (χ1n) is 15.1. The molecule has 1 aromatic heterocycles. The van der Waals surface area contributed by atoms with Gasteiger partial charge in [-0.2, -0.15) is 0 Å². The monoisotopic (exact) mass is 659 g/mol. The fourth-order valence-electron chi connectivity index (χ4n) is 6.11. The molecule has 2 heterocycles. The number of urea groups is 1. The van der Waals surface area contributed by atoms with E-state index in [1.165, 1.54) is 30.2 Å². The van der Waals surface area contributed by atoms with E-state index in [4.69, 9.17) is 4.74 Å². The second-order valence-electron chi connectivity index (χ2n) is 12.5. The first-order chi connectivity index (χ1) is 21.6. The molecular weight excluding hydrogens is 623 g/mol. The number of methoxy groups -OCH3 is 1. The number of thioether (sulfide) groups is 2. The number of hydrogen-bond acceptors (Lipinski definition) is 7. The minimum Gasteiger partial charge on any atom is -0.465 e. The maximum absolute atomic E-state index is 13.7. The summed E-state index contributed by atoms with van der Waals surface area (Å²) in [5.41, 5.74) is 3.22. The number of benzene rings is 2. The van der Waals surface area contributed by atoms with E-state index in [0.717, 1.165) is 45.2 Å². The topological polar surface area (TPSA) is 87.7 Å². The number of hydrogen-bond donors (Lipinski definition) is 2. The van der Waals surface area contributed by atoms with E-state index >= 15 is 0 Å². The molecule has 0 saturated carbocycles. The summed E-state index contributed by atoms with van der Waals surface area (Å²) in [7, 11) is 1.38. The van der Waals surface area contributed by atoms with Gasteiger partial charge in [-0.1, -0.05) is 63.3 Å². The van der Waals surface area contributed by atoms with Crippen LogP contribution in [0.15, 0.2) is 82.6 Å². The van der Waals surface area contributed by atoms with Crippen LogP contribution in [0.5, 0.6) is 0 Å². The average Bonchev–Trinajstić information content (AvgIpc) is 3.38. The Bertz CT molecular complexity index is 1690. The lowest BCUT2D eigenvalue weighted by Gasteiger charge is -2.40. The molecule has 0 saturated heterocycles. The van der Waals surface area contributed by atoms with Crippen LogP contribution in [0.2, 0.25) is 0 Å². The van der Waals surface area contributed by atoms with Gasteiger partial charge in [0.15, 0.2) is 0 Å². The lowest BCUT2D eigenvalue weighted by Crippen LogP contribution is -2.49. The van der Waals surface area contributed by atoms with Crippen molar-refractivity contribution in [3.63, 3.8) is 0 Å². The number of para-hydroxylation sites is 1. The lowest BCUT2D eigenvalue weighted by atomic mass is 9.72. The SMILES string of the molecule is COC(=O)c1c(NC(=O)CSc2cccc(NC(=O)N3c4ccccc4SC4C=CC=CC43)c2)sc2c1CCC(C(C)(C)C)C2. The van der Waals surface area contributed by atoms with Gasteiger partial charge in [-0.15, -0.1) is 34.9 Å². The number of thiophene rings is 1. The highest BCUT2D eigenvalue weighted by molar-refractivity contribution is 8.00. The fraction of sp³-hybridized carbons (Fsp3) is 0.343. The molecule has 1 aliphatic heterocycles. The average molecular weight is 660 g/mol. The Balaban J connectivity index is 1.12. The van der Waals surface area contributed by atoms with Gasteiger partial charge in [0.1, 0.15) is 5.00 Å². The van der Waals surface area contributed by atoms with Crippen LogP contribution in [0.4, 0.5) is 21.2 Å². The zero-order valence-electron chi connectivity index (χ0n) is 25.8. The maximum atomic E-state index is 13.7. The van der Waals surface area contributed by atoms with Crippen molar-refractivity contribution in [1.82, 2.24) is 0 Å². The van der Waals surface area contributed by atoms with Gasteiger partial charge in [-0.3, -0.25) is 9.69 Å². The largest absolute Gasteiger partial charge is 0.465 e. The Kier molecular flexibility index (Phi) is 9.17. The highest BCUT2D eigenvalue weighted by Crippen LogP contribution is 2.45. The number of carbonyl (C=O) groups excluding carboxylic acids is 3. The molecule has 2 N–H and O–H groups in total. The molecule has 10 heteroatoms. The van der Waals surface area contributed by atoms with Crippen LogP contribution in [-0.4, -0.2) is 42.1 Å². The number of amides is 3. The van der Waals surface area contributed by atoms with E-state index in [-0.39, 0.29) is 34.4 Å². The van der Waals surface area contributed by atoms with Crippen LogP contribution >= 0.6 is 34.9 Å². The van der Waals surface area contributed by atoms with E-state index in [1.54, 1.807) is 11.8 Å². The van der Waals surface area contributed by atoms with Gasteiger partial charge in [-0.25, -0.2) is 9.59 Å². The molecule has 0 spiro atoms. The number of ether oxygens (including phenoxy) is 1. The van der Waals surface area contributed by atoms with E-state index in [2.05, 4.69) is 43.6 Å². The molecule has 3 aliphatic rings. The van der Waals surface area contributed by atoms with Crippen molar-refractivity contribution < 1.29 is 19.1 Å². The van der Waals surface area contributed by atoms with E-state index in [1.807, 2.05) is 65.6 Å². The van der Waals surface area contributed by atoms with Crippen LogP contribution < -0.4 is 15.5 Å². The number of anilines is 3. The predicted octanol–water partition coefficient (Wildman–Crippen LogP) is 8.42. The Morgan fingerprint density at radius 1 is 1.04 bits per heavy atom. The minimum absolute atomic E-state index is 0.0895. The zero-order chi connectivity index (χ0) is 31.7. The Morgan fingerprint density at radius 2 is 1.84 bits per heavy atom. The molecule has 3 atom stereocenters. The Hall–Kier alpha value is -3.47. The number of carbonyl (C=O) groups is 3. The highest BCUT2D eigenvalue weighted by atomic mass is 32.2. The summed E-state index contributed by atoms with van der Waals surface area (Å²) >= 11 is 4.64. The van der Waals surface area contributed by atoms with E-state index in [0.29, 0.717) is 22.2 Å². The van der Waals surface area contributed by atoms with Crippen LogP contribution in [0.1, 0.15) is 48.0 Å². The molecule has 2 aromatic carbocycles. The van der Waals surface area contributed by atoms with Crippen molar-refractivity contribution in [2.75, 3.05) is 28.4 Å². The summed E-state index contributed by atoms with van der Waals surface area (Å²) in [6, 6.07) is 15.2. The standard InChI is InChI=1S/C35H37N3O4S3/c1-35(2,3)21-16-17-24-29(18-21)45-32(31(24)33(40)42-4)37-30(39)20-43-23-11-9-10-22(19-23)36-34(41)38-25-12-5-7-14-27(25)44-28-15-8-6-13-26(28)38/h5-15,19,21,25,27H,16-18,20H2,1-4H3,(H,36,41)(H,37,39). The van der Waals surface area contributed by atoms with Crippen molar-refractivity contribution in [2.24, 2.45) is 11.3 Å². The molecule has 0 radical (unpaired) electrons. The summed E-state index contributed by atoms with van der Waals surface area (Å²) < 4.78 is 5.11. The van der Waals surface area contributed by atoms with Gasteiger partial charge in [0, 0.05) is 20.4 Å². The third kappa shape index (κ3) is 6.73. The lowest BCUT2D eigenvalue weighted by molar-refractivity contribution is -0.113. The number of fused-ring (bicyclic) bond motifs is 3. The van der Waals surface area contributed by atoms with Crippen molar-refractivity contribution in [2.45, 2.75) is 61.1 Å². The van der Waals surface area contributed by atoms with Crippen molar-refractivity contribution in [1.29, 1.82) is 0 Å². The number of nitrogens with one attached hydrogen (secondary N) is 2. The predicted molar refractivity (Wildman–Crippen MR) is 186 cm³/mol. The minimum atomic E-state index is -0.408. The summed E-state index contributed by atoms with van der Waals surface area (Å²) in [5, 5.41) is 6.79. The number of nitrogens with zero attached hydrogens (tertiary/aromatic N) is 1. The van der Waals surface area contributed by atoms with Gasteiger partial charge in [-0.05, 0) is 66.5 Å². The van der Waals surface area contributed by atoms with Gasteiger partial charge in [0.05, 0.1) is 35.4 Å². The molecule has 0 fully saturated rings. The van der Waals surface area contributed by atoms with Crippen molar-refractivity contribution in [3.8, 4) is 0 Å². The first-order valence-corrected chi connectivity index (χ1v) is 17.8. The second-order valence-corrected chi connectivity index (χ2v) is 15.9.